The van der Waals surface area contributed by atoms with Gasteiger partial charge >= 0.3 is 0 Å². The highest BCUT2D eigenvalue weighted by atomic mass is 14.1. The van der Waals surface area contributed by atoms with Crippen molar-refractivity contribution in [2.45, 2.75) is 40.5 Å². The van der Waals surface area contributed by atoms with E-state index in [2.05, 4.69) is 101 Å². The van der Waals surface area contributed by atoms with Crippen molar-refractivity contribution in [1.82, 2.24) is 0 Å². The van der Waals surface area contributed by atoms with Gasteiger partial charge in [0, 0.05) is 0 Å². The van der Waals surface area contributed by atoms with Crippen LogP contribution < -0.4 is 0 Å². The molecule has 0 atom stereocenters. The molecule has 0 fully saturated rings. The van der Waals surface area contributed by atoms with E-state index < -0.39 is 0 Å². The number of unbranched alkanes of at least 4 members (excludes halogenated alkanes) is 1. The van der Waals surface area contributed by atoms with Crippen molar-refractivity contribution < 1.29 is 0 Å². The van der Waals surface area contributed by atoms with Crippen LogP contribution in [-0.4, -0.2) is 0 Å². The Morgan fingerprint density at radius 2 is 1.23 bits per heavy atom. The van der Waals surface area contributed by atoms with E-state index in [9.17, 15) is 0 Å². The van der Waals surface area contributed by atoms with Gasteiger partial charge in [-0.15, -0.1) is 0 Å². The predicted molar refractivity (Wildman–Crippen MR) is 115 cm³/mol. The van der Waals surface area contributed by atoms with Gasteiger partial charge in [-0.3, -0.25) is 0 Å². The van der Waals surface area contributed by atoms with E-state index >= 15 is 0 Å². The Hall–Kier alpha value is -2.60. The molecule has 0 N–H and O–H groups in total. The van der Waals surface area contributed by atoms with Crippen molar-refractivity contribution in [2.24, 2.45) is 0 Å². The highest BCUT2D eigenvalue weighted by Crippen LogP contribution is 2.29. The van der Waals surface area contributed by atoms with Crippen LogP contribution in [0.5, 0.6) is 0 Å². The number of aryl methyl sites for hydroxylation is 1. The molecule has 3 aromatic carbocycles. The third-order valence-corrected chi connectivity index (χ3v) is 5.26. The largest absolute Gasteiger partial charge is 0.0840 e. The van der Waals surface area contributed by atoms with Gasteiger partial charge in [-0.1, -0.05) is 86.2 Å². The van der Waals surface area contributed by atoms with Gasteiger partial charge in [0.2, 0.25) is 0 Å². The highest BCUT2D eigenvalue weighted by molar-refractivity contribution is 5.73. The Bertz CT molecular complexity index is 894. The van der Waals surface area contributed by atoms with Gasteiger partial charge in [0.15, 0.2) is 0 Å². The fourth-order valence-corrected chi connectivity index (χ4v) is 3.28. The lowest BCUT2D eigenvalue weighted by Gasteiger charge is -2.12. The smallest absolute Gasteiger partial charge is 0.0152 e. The fraction of sp³-hybridized carbons (Fsp3) is 0.231. The summed E-state index contributed by atoms with van der Waals surface area (Å²) >= 11 is 0. The first-order valence-corrected chi connectivity index (χ1v) is 9.54. The van der Waals surface area contributed by atoms with Gasteiger partial charge < -0.3 is 0 Å². The monoisotopic (exact) mass is 340 g/mol. The van der Waals surface area contributed by atoms with Crippen LogP contribution in [0.1, 0.15) is 42.0 Å². The lowest BCUT2D eigenvalue weighted by molar-refractivity contribution is 0.962. The average molecular weight is 341 g/mol. The molecule has 0 saturated heterocycles. The first kappa shape index (κ1) is 18.2. The van der Waals surface area contributed by atoms with Crippen molar-refractivity contribution in [2.75, 3.05) is 0 Å². The van der Waals surface area contributed by atoms with Gasteiger partial charge in [-0.25, -0.2) is 0 Å². The molecule has 0 bridgehead atoms. The second kappa shape index (κ2) is 8.19. The first-order valence-electron chi connectivity index (χ1n) is 9.54. The quantitative estimate of drug-likeness (QED) is 0.445. The molecule has 0 spiro atoms. The maximum atomic E-state index is 2.25. The lowest BCUT2D eigenvalue weighted by Crippen LogP contribution is -1.90. The standard InChI is InChI=1S/C26H28/c1-5-6-7-8-22-10-12-23(13-11-22)24-14-16-25(17-15-24)26-18-9-19(2)20(3)21(26)4/h7-18H,5-6H2,1-4H3/b8-7+. The molecule has 0 aliphatic heterocycles. The highest BCUT2D eigenvalue weighted by Gasteiger charge is 2.06. The summed E-state index contributed by atoms with van der Waals surface area (Å²) in [7, 11) is 0. The maximum absolute atomic E-state index is 2.25. The topological polar surface area (TPSA) is 0 Å². The van der Waals surface area contributed by atoms with E-state index in [-0.39, 0.29) is 0 Å². The van der Waals surface area contributed by atoms with Gasteiger partial charge in [-0.05, 0) is 71.7 Å². The third-order valence-electron chi connectivity index (χ3n) is 5.26. The Labute approximate surface area is 158 Å². The summed E-state index contributed by atoms with van der Waals surface area (Å²) in [5, 5.41) is 0. The van der Waals surface area contributed by atoms with Crippen LogP contribution in [0, 0.1) is 20.8 Å². The summed E-state index contributed by atoms with van der Waals surface area (Å²) in [6.45, 7) is 8.81. The first-order chi connectivity index (χ1) is 12.6. The molecule has 3 rings (SSSR count). The summed E-state index contributed by atoms with van der Waals surface area (Å²) in [5.74, 6) is 0. The molecule has 0 radical (unpaired) electrons. The molecule has 0 saturated carbocycles. The Morgan fingerprint density at radius 1 is 0.654 bits per heavy atom. The van der Waals surface area contributed by atoms with Crippen LogP contribution in [0.15, 0.2) is 66.7 Å². The zero-order valence-electron chi connectivity index (χ0n) is 16.3. The molecule has 0 aliphatic carbocycles. The van der Waals surface area contributed by atoms with Crippen molar-refractivity contribution in [3.63, 3.8) is 0 Å². The summed E-state index contributed by atoms with van der Waals surface area (Å²) < 4.78 is 0. The molecule has 0 nitrogen and oxygen atoms in total. The number of hydrogen-bond donors (Lipinski definition) is 0. The van der Waals surface area contributed by atoms with E-state index in [1.165, 1.54) is 50.9 Å². The normalized spacial score (nSPS) is 11.2. The SMILES string of the molecule is CCC/C=C/c1ccc(-c2ccc(-c3ccc(C)c(C)c3C)cc2)cc1. The Morgan fingerprint density at radius 3 is 1.85 bits per heavy atom. The van der Waals surface area contributed by atoms with Crippen molar-refractivity contribution in [1.29, 1.82) is 0 Å². The van der Waals surface area contributed by atoms with Crippen molar-refractivity contribution in [3.8, 4) is 22.3 Å². The second-order valence-electron chi connectivity index (χ2n) is 7.07. The van der Waals surface area contributed by atoms with E-state index in [4.69, 9.17) is 0 Å². The van der Waals surface area contributed by atoms with Crippen LogP contribution in [-0.2, 0) is 0 Å². The second-order valence-corrected chi connectivity index (χ2v) is 7.07. The van der Waals surface area contributed by atoms with Crippen LogP contribution >= 0.6 is 0 Å². The molecular formula is C26H28. The molecule has 0 amide bonds. The van der Waals surface area contributed by atoms with Crippen LogP contribution in [0.3, 0.4) is 0 Å². The number of rotatable bonds is 5. The predicted octanol–water partition coefficient (Wildman–Crippen LogP) is 7.76. The van der Waals surface area contributed by atoms with E-state index in [0.29, 0.717) is 0 Å². The third kappa shape index (κ3) is 3.96. The number of allylic oxidation sites excluding steroid dienone is 1. The minimum absolute atomic E-state index is 1.14. The number of benzene rings is 3. The van der Waals surface area contributed by atoms with Crippen LogP contribution in [0.2, 0.25) is 0 Å². The van der Waals surface area contributed by atoms with Crippen LogP contribution in [0.4, 0.5) is 0 Å². The summed E-state index contributed by atoms with van der Waals surface area (Å²) in [4.78, 5) is 0. The van der Waals surface area contributed by atoms with Gasteiger partial charge in [0.1, 0.15) is 0 Å². The van der Waals surface area contributed by atoms with E-state index in [1.54, 1.807) is 0 Å². The summed E-state index contributed by atoms with van der Waals surface area (Å²) in [6.07, 6.45) is 6.79. The Balaban J connectivity index is 1.83. The molecule has 132 valence electrons. The molecule has 3 aromatic rings. The zero-order chi connectivity index (χ0) is 18.5. The molecule has 26 heavy (non-hydrogen) atoms. The molecule has 0 heteroatoms. The fourth-order valence-electron chi connectivity index (χ4n) is 3.28. The maximum Gasteiger partial charge on any atom is -0.0152 e. The zero-order valence-corrected chi connectivity index (χ0v) is 16.3. The average Bonchev–Trinajstić information content (AvgIpc) is 2.67. The Kier molecular flexibility index (Phi) is 5.73. The summed E-state index contributed by atoms with van der Waals surface area (Å²) in [5.41, 5.74) is 10.5. The minimum atomic E-state index is 1.14. The van der Waals surface area contributed by atoms with Crippen molar-refractivity contribution in [3.05, 3.63) is 89.0 Å². The van der Waals surface area contributed by atoms with E-state index in [1.807, 2.05) is 0 Å². The summed E-state index contributed by atoms with van der Waals surface area (Å²) in [6, 6.07) is 22.2. The van der Waals surface area contributed by atoms with Gasteiger partial charge in [-0.2, -0.15) is 0 Å². The van der Waals surface area contributed by atoms with Crippen LogP contribution in [0.25, 0.3) is 28.3 Å². The molecule has 0 aliphatic rings. The van der Waals surface area contributed by atoms with Crippen molar-refractivity contribution >= 4 is 6.08 Å². The molecule has 0 aromatic heterocycles. The lowest BCUT2D eigenvalue weighted by atomic mass is 9.93. The molecule has 0 unspecified atom stereocenters. The minimum Gasteiger partial charge on any atom is -0.0840 e. The number of hydrogen-bond acceptors (Lipinski definition) is 0. The van der Waals surface area contributed by atoms with Gasteiger partial charge in [0.05, 0.1) is 0 Å². The molecule has 0 heterocycles. The molecular weight excluding hydrogens is 312 g/mol. The van der Waals surface area contributed by atoms with Gasteiger partial charge in [0.25, 0.3) is 0 Å². The van der Waals surface area contributed by atoms with E-state index in [0.717, 1.165) is 6.42 Å².